The van der Waals surface area contributed by atoms with Gasteiger partial charge in [-0.05, 0) is 34.2 Å². The minimum atomic E-state index is -3.13. The molecule has 2 nitrogen and oxygen atoms in total. The van der Waals surface area contributed by atoms with Crippen LogP contribution in [0.4, 0.5) is 0 Å². The molecule has 0 unspecified atom stereocenters. The summed E-state index contributed by atoms with van der Waals surface area (Å²) in [5, 5.41) is 0. The van der Waals surface area contributed by atoms with Gasteiger partial charge in [0.2, 0.25) is 0 Å². The van der Waals surface area contributed by atoms with Crippen molar-refractivity contribution in [2.45, 2.75) is 31.1 Å². The molecule has 2 aromatic carbocycles. The summed E-state index contributed by atoms with van der Waals surface area (Å²) in [6.07, 6.45) is 1.22. The molecule has 20 heavy (non-hydrogen) atoms. The molecule has 0 fully saturated rings. The molecule has 0 radical (unpaired) electrons. The van der Waals surface area contributed by atoms with Gasteiger partial charge in [-0.2, -0.15) is 0 Å². The maximum absolute atomic E-state index is 11.4. The third-order valence-corrected chi connectivity index (χ3v) is 4.50. The van der Waals surface area contributed by atoms with Gasteiger partial charge in [0.05, 0.1) is 4.90 Å². The van der Waals surface area contributed by atoms with E-state index in [9.17, 15) is 8.42 Å². The third kappa shape index (κ3) is 3.28. The van der Waals surface area contributed by atoms with Gasteiger partial charge in [-0.1, -0.05) is 57.2 Å². The molecule has 3 heteroatoms. The first-order valence-electron chi connectivity index (χ1n) is 6.59. The van der Waals surface area contributed by atoms with E-state index < -0.39 is 9.84 Å². The molecule has 0 saturated carbocycles. The van der Waals surface area contributed by atoms with E-state index in [-0.39, 0.29) is 5.41 Å². The fourth-order valence-electron chi connectivity index (χ4n) is 2.06. The quantitative estimate of drug-likeness (QED) is 0.835. The molecule has 0 N–H and O–H groups in total. The van der Waals surface area contributed by atoms with Gasteiger partial charge in [0.1, 0.15) is 0 Å². The zero-order chi connectivity index (χ0) is 15.0. The summed E-state index contributed by atoms with van der Waals surface area (Å²) in [4.78, 5) is 0.354. The monoisotopic (exact) mass is 288 g/mol. The Morgan fingerprint density at radius 1 is 0.750 bits per heavy atom. The van der Waals surface area contributed by atoms with E-state index in [4.69, 9.17) is 0 Å². The first-order chi connectivity index (χ1) is 9.18. The van der Waals surface area contributed by atoms with Crippen molar-refractivity contribution in [1.82, 2.24) is 0 Å². The average Bonchev–Trinajstić information content (AvgIpc) is 2.37. The lowest BCUT2D eigenvalue weighted by atomic mass is 9.86. The standard InChI is InChI=1S/C17H20O2S/c1-17(2,3)15-9-5-13(6-10-15)14-7-11-16(12-8-14)20(4,18)19/h5-12H,1-4H3. The Bertz CT molecular complexity index is 688. The topological polar surface area (TPSA) is 34.1 Å². The van der Waals surface area contributed by atoms with Crippen LogP contribution in [0.1, 0.15) is 26.3 Å². The summed E-state index contributed by atoms with van der Waals surface area (Å²) in [6, 6.07) is 15.4. The van der Waals surface area contributed by atoms with Gasteiger partial charge in [-0.15, -0.1) is 0 Å². The number of rotatable bonds is 2. The van der Waals surface area contributed by atoms with Crippen LogP contribution in [0, 0.1) is 0 Å². The molecule has 0 saturated heterocycles. The second-order valence-corrected chi connectivity index (χ2v) is 8.14. The van der Waals surface area contributed by atoms with E-state index in [0.717, 1.165) is 11.1 Å². The van der Waals surface area contributed by atoms with Crippen molar-refractivity contribution in [2.75, 3.05) is 6.26 Å². The van der Waals surface area contributed by atoms with Crippen LogP contribution in [-0.4, -0.2) is 14.7 Å². The van der Waals surface area contributed by atoms with Gasteiger partial charge in [0.15, 0.2) is 9.84 Å². The maximum atomic E-state index is 11.4. The molecule has 2 rings (SSSR count). The highest BCUT2D eigenvalue weighted by Gasteiger charge is 2.13. The van der Waals surface area contributed by atoms with Gasteiger partial charge < -0.3 is 0 Å². The molecular formula is C17H20O2S. The first-order valence-corrected chi connectivity index (χ1v) is 8.48. The van der Waals surface area contributed by atoms with Crippen LogP contribution >= 0.6 is 0 Å². The van der Waals surface area contributed by atoms with Crippen molar-refractivity contribution in [3.05, 3.63) is 54.1 Å². The van der Waals surface area contributed by atoms with Crippen LogP contribution in [0.2, 0.25) is 0 Å². The Morgan fingerprint density at radius 2 is 1.15 bits per heavy atom. The molecule has 0 amide bonds. The lowest BCUT2D eigenvalue weighted by Gasteiger charge is -2.19. The van der Waals surface area contributed by atoms with E-state index >= 15 is 0 Å². The lowest BCUT2D eigenvalue weighted by molar-refractivity contribution is 0.590. The Labute approximate surface area is 121 Å². The number of sulfone groups is 1. The van der Waals surface area contributed by atoms with Crippen LogP contribution < -0.4 is 0 Å². The molecule has 0 aliphatic heterocycles. The summed E-state index contributed by atoms with van der Waals surface area (Å²) < 4.78 is 22.9. The summed E-state index contributed by atoms with van der Waals surface area (Å²) in [6.45, 7) is 6.55. The number of benzene rings is 2. The third-order valence-electron chi connectivity index (χ3n) is 3.37. The Kier molecular flexibility index (Phi) is 3.74. The Morgan fingerprint density at radius 3 is 1.50 bits per heavy atom. The van der Waals surface area contributed by atoms with Crippen molar-refractivity contribution >= 4 is 9.84 Å². The van der Waals surface area contributed by atoms with Gasteiger partial charge in [0, 0.05) is 6.26 Å². The Balaban J connectivity index is 2.33. The van der Waals surface area contributed by atoms with Crippen LogP contribution in [0.25, 0.3) is 11.1 Å². The van der Waals surface area contributed by atoms with E-state index in [1.807, 2.05) is 12.1 Å². The smallest absolute Gasteiger partial charge is 0.175 e. The van der Waals surface area contributed by atoms with E-state index in [0.29, 0.717) is 4.90 Å². The average molecular weight is 288 g/mol. The summed E-state index contributed by atoms with van der Waals surface area (Å²) in [5.74, 6) is 0. The number of hydrogen-bond acceptors (Lipinski definition) is 2. The molecule has 0 aliphatic carbocycles. The van der Waals surface area contributed by atoms with E-state index in [2.05, 4.69) is 45.0 Å². The van der Waals surface area contributed by atoms with Gasteiger partial charge in [-0.3, -0.25) is 0 Å². The van der Waals surface area contributed by atoms with Crippen LogP contribution in [0.5, 0.6) is 0 Å². The normalized spacial score (nSPS) is 12.4. The first kappa shape index (κ1) is 14.8. The fourth-order valence-corrected chi connectivity index (χ4v) is 2.69. The molecule has 2 aromatic rings. The van der Waals surface area contributed by atoms with Crippen molar-refractivity contribution in [3.63, 3.8) is 0 Å². The molecule has 0 aromatic heterocycles. The Hall–Kier alpha value is -1.61. The van der Waals surface area contributed by atoms with Gasteiger partial charge >= 0.3 is 0 Å². The zero-order valence-corrected chi connectivity index (χ0v) is 13.2. The largest absolute Gasteiger partial charge is 0.224 e. The highest BCUT2D eigenvalue weighted by molar-refractivity contribution is 7.90. The second kappa shape index (κ2) is 5.06. The SMILES string of the molecule is CC(C)(C)c1ccc(-c2ccc(S(C)(=O)=O)cc2)cc1. The summed E-state index contributed by atoms with van der Waals surface area (Å²) in [5.41, 5.74) is 3.54. The van der Waals surface area contributed by atoms with E-state index in [1.54, 1.807) is 12.1 Å². The minimum absolute atomic E-state index is 0.138. The highest BCUT2D eigenvalue weighted by atomic mass is 32.2. The predicted molar refractivity (Wildman–Crippen MR) is 83.7 cm³/mol. The zero-order valence-electron chi connectivity index (χ0n) is 12.3. The second-order valence-electron chi connectivity index (χ2n) is 6.12. The van der Waals surface area contributed by atoms with Crippen LogP contribution in [0.15, 0.2) is 53.4 Å². The van der Waals surface area contributed by atoms with Crippen molar-refractivity contribution in [2.24, 2.45) is 0 Å². The molecule has 0 heterocycles. The molecule has 0 atom stereocenters. The molecule has 0 spiro atoms. The van der Waals surface area contributed by atoms with Crippen LogP contribution in [-0.2, 0) is 15.3 Å². The fraction of sp³-hybridized carbons (Fsp3) is 0.294. The highest BCUT2D eigenvalue weighted by Crippen LogP contribution is 2.26. The summed E-state index contributed by atoms with van der Waals surface area (Å²) in [7, 11) is -3.13. The van der Waals surface area contributed by atoms with Crippen molar-refractivity contribution < 1.29 is 8.42 Å². The molecule has 0 bridgehead atoms. The van der Waals surface area contributed by atoms with Gasteiger partial charge in [-0.25, -0.2) is 8.42 Å². The van der Waals surface area contributed by atoms with Crippen molar-refractivity contribution in [1.29, 1.82) is 0 Å². The summed E-state index contributed by atoms with van der Waals surface area (Å²) >= 11 is 0. The van der Waals surface area contributed by atoms with E-state index in [1.165, 1.54) is 11.8 Å². The minimum Gasteiger partial charge on any atom is -0.224 e. The van der Waals surface area contributed by atoms with Crippen LogP contribution in [0.3, 0.4) is 0 Å². The molecular weight excluding hydrogens is 268 g/mol. The molecule has 0 aliphatic rings. The number of hydrogen-bond donors (Lipinski definition) is 0. The van der Waals surface area contributed by atoms with Crippen molar-refractivity contribution in [3.8, 4) is 11.1 Å². The lowest BCUT2D eigenvalue weighted by Crippen LogP contribution is -2.10. The molecule has 106 valence electrons. The van der Waals surface area contributed by atoms with Gasteiger partial charge in [0.25, 0.3) is 0 Å². The predicted octanol–water partition coefficient (Wildman–Crippen LogP) is 4.05. The maximum Gasteiger partial charge on any atom is 0.175 e.